The number of nitrogens with zero attached hydrogens (tertiary/aromatic N) is 2. The lowest BCUT2D eigenvalue weighted by Gasteiger charge is -2.20. The van der Waals surface area contributed by atoms with Crippen LogP contribution in [0.15, 0.2) is 30.5 Å². The van der Waals surface area contributed by atoms with Gasteiger partial charge in [0.05, 0.1) is 11.9 Å². The summed E-state index contributed by atoms with van der Waals surface area (Å²) in [7, 11) is 0. The van der Waals surface area contributed by atoms with Crippen molar-refractivity contribution in [2.24, 2.45) is 0 Å². The highest BCUT2D eigenvalue weighted by Crippen LogP contribution is 2.28. The number of anilines is 2. The van der Waals surface area contributed by atoms with Gasteiger partial charge in [0.2, 0.25) is 5.95 Å². The first-order valence-electron chi connectivity index (χ1n) is 6.21. The van der Waals surface area contributed by atoms with E-state index in [0.717, 1.165) is 0 Å². The molecule has 0 saturated carbocycles. The molecule has 0 atom stereocenters. The van der Waals surface area contributed by atoms with Crippen LogP contribution in [0.1, 0.15) is 20.8 Å². The Kier molecular flexibility index (Phi) is 3.40. The number of carbonyl (C=O) groups excluding carboxylic acids is 1. The van der Waals surface area contributed by atoms with Gasteiger partial charge < -0.3 is 16.2 Å². The van der Waals surface area contributed by atoms with Gasteiger partial charge in [-0.3, -0.25) is 0 Å². The van der Waals surface area contributed by atoms with Crippen LogP contribution >= 0.6 is 0 Å². The van der Waals surface area contributed by atoms with E-state index in [9.17, 15) is 4.79 Å². The molecule has 1 aromatic carbocycles. The highest BCUT2D eigenvalue weighted by Gasteiger charge is 2.23. The minimum absolute atomic E-state index is 0.0671. The Hall–Kier alpha value is -2.50. The van der Waals surface area contributed by atoms with Gasteiger partial charge in [0, 0.05) is 11.3 Å². The molecule has 6 heteroatoms. The van der Waals surface area contributed by atoms with Gasteiger partial charge in [0.25, 0.3) is 0 Å². The summed E-state index contributed by atoms with van der Waals surface area (Å²) in [6.45, 7) is 5.36. The van der Waals surface area contributed by atoms with E-state index < -0.39 is 11.7 Å². The van der Waals surface area contributed by atoms with Crippen molar-refractivity contribution in [2.75, 3.05) is 11.5 Å². The number of imidazole rings is 1. The molecule has 0 fully saturated rings. The summed E-state index contributed by atoms with van der Waals surface area (Å²) >= 11 is 0. The van der Waals surface area contributed by atoms with Gasteiger partial charge in [-0.1, -0.05) is 18.2 Å². The minimum Gasteiger partial charge on any atom is -0.443 e. The number of hydrogen-bond donors (Lipinski definition) is 2. The molecule has 4 N–H and O–H groups in total. The number of nitrogen functional groups attached to an aromatic ring is 2. The number of carbonyl (C=O) groups is 1. The Morgan fingerprint density at radius 1 is 1.25 bits per heavy atom. The third-order valence-electron chi connectivity index (χ3n) is 2.60. The lowest BCUT2D eigenvalue weighted by atomic mass is 10.1. The van der Waals surface area contributed by atoms with Gasteiger partial charge in [0.15, 0.2) is 0 Å². The summed E-state index contributed by atoms with van der Waals surface area (Å²) in [4.78, 5) is 16.2. The van der Waals surface area contributed by atoms with E-state index >= 15 is 0 Å². The maximum absolute atomic E-state index is 12.2. The van der Waals surface area contributed by atoms with Crippen LogP contribution in [0.2, 0.25) is 0 Å². The Labute approximate surface area is 117 Å². The molecule has 0 aliphatic carbocycles. The molecule has 1 heterocycles. The number of para-hydroxylation sites is 1. The second kappa shape index (κ2) is 4.88. The Balaban J connectivity index is 2.48. The average molecular weight is 274 g/mol. The van der Waals surface area contributed by atoms with Gasteiger partial charge in [-0.15, -0.1) is 0 Å². The molecule has 0 unspecified atom stereocenters. The van der Waals surface area contributed by atoms with Crippen molar-refractivity contribution in [1.82, 2.24) is 9.55 Å². The quantitative estimate of drug-likeness (QED) is 0.779. The van der Waals surface area contributed by atoms with Crippen molar-refractivity contribution < 1.29 is 9.53 Å². The zero-order chi connectivity index (χ0) is 14.9. The number of hydrogen-bond acceptors (Lipinski definition) is 5. The van der Waals surface area contributed by atoms with Crippen LogP contribution in [0.4, 0.5) is 16.4 Å². The molecule has 2 rings (SSSR count). The number of rotatable bonds is 1. The summed E-state index contributed by atoms with van der Waals surface area (Å²) in [5.74, 6) is 0.0671. The maximum atomic E-state index is 12.2. The van der Waals surface area contributed by atoms with Crippen LogP contribution in [0, 0.1) is 0 Å². The molecule has 0 spiro atoms. The third-order valence-corrected chi connectivity index (χ3v) is 2.60. The number of ether oxygens (including phenoxy) is 1. The second-order valence-electron chi connectivity index (χ2n) is 5.40. The summed E-state index contributed by atoms with van der Waals surface area (Å²) in [5.41, 5.74) is 12.8. The predicted octanol–water partition coefficient (Wildman–Crippen LogP) is 2.50. The van der Waals surface area contributed by atoms with E-state index in [4.69, 9.17) is 16.2 Å². The number of aromatic nitrogens is 2. The molecular formula is C14H18N4O2. The SMILES string of the molecule is CC(C)(C)OC(=O)n1c(-c2ccccc2N)cnc1N. The average Bonchev–Trinajstić information content (AvgIpc) is 2.69. The molecule has 0 aliphatic heterocycles. The molecule has 0 aliphatic rings. The fourth-order valence-electron chi connectivity index (χ4n) is 1.79. The smallest absolute Gasteiger partial charge is 0.421 e. The summed E-state index contributed by atoms with van der Waals surface area (Å²) in [6, 6.07) is 7.19. The molecule has 0 saturated heterocycles. The number of nitrogens with two attached hydrogens (primary N) is 2. The highest BCUT2D eigenvalue weighted by molar-refractivity contribution is 5.85. The van der Waals surface area contributed by atoms with Crippen LogP contribution < -0.4 is 11.5 Å². The lowest BCUT2D eigenvalue weighted by molar-refractivity contribution is 0.0543. The van der Waals surface area contributed by atoms with Gasteiger partial charge in [-0.2, -0.15) is 0 Å². The van der Waals surface area contributed by atoms with E-state index in [1.165, 1.54) is 10.8 Å². The zero-order valence-electron chi connectivity index (χ0n) is 11.8. The van der Waals surface area contributed by atoms with Crippen LogP contribution in [-0.2, 0) is 4.74 Å². The van der Waals surface area contributed by atoms with Crippen molar-refractivity contribution in [1.29, 1.82) is 0 Å². The molecule has 0 bridgehead atoms. The van der Waals surface area contributed by atoms with Crippen molar-refractivity contribution >= 4 is 17.7 Å². The molecule has 6 nitrogen and oxygen atoms in total. The van der Waals surface area contributed by atoms with E-state index in [2.05, 4.69) is 4.98 Å². The van der Waals surface area contributed by atoms with Crippen LogP contribution in [0.5, 0.6) is 0 Å². The maximum Gasteiger partial charge on any atom is 0.421 e. The fourth-order valence-corrected chi connectivity index (χ4v) is 1.79. The molecule has 20 heavy (non-hydrogen) atoms. The van der Waals surface area contributed by atoms with Crippen LogP contribution in [0.3, 0.4) is 0 Å². The van der Waals surface area contributed by atoms with E-state index in [-0.39, 0.29) is 5.95 Å². The molecule has 2 aromatic rings. The van der Waals surface area contributed by atoms with Gasteiger partial charge in [-0.05, 0) is 26.8 Å². The third kappa shape index (κ3) is 2.74. The highest BCUT2D eigenvalue weighted by atomic mass is 16.6. The molecule has 0 radical (unpaired) electrons. The van der Waals surface area contributed by atoms with Crippen molar-refractivity contribution in [3.8, 4) is 11.3 Å². The Morgan fingerprint density at radius 2 is 1.90 bits per heavy atom. The summed E-state index contributed by atoms with van der Waals surface area (Å²) in [5, 5.41) is 0. The standard InChI is InChI=1S/C14H18N4O2/c1-14(2,3)20-13(19)18-11(8-17-12(18)16)9-6-4-5-7-10(9)15/h4-8H,15H2,1-3H3,(H2,16,17). The number of benzene rings is 1. The lowest BCUT2D eigenvalue weighted by Crippen LogP contribution is -2.28. The summed E-state index contributed by atoms with van der Waals surface area (Å²) in [6.07, 6.45) is 0.927. The van der Waals surface area contributed by atoms with E-state index in [1.807, 2.05) is 12.1 Å². The first-order valence-corrected chi connectivity index (χ1v) is 6.21. The van der Waals surface area contributed by atoms with E-state index in [0.29, 0.717) is 16.9 Å². The first kappa shape index (κ1) is 13.9. The minimum atomic E-state index is -0.618. The van der Waals surface area contributed by atoms with Crippen molar-refractivity contribution in [3.05, 3.63) is 30.5 Å². The van der Waals surface area contributed by atoms with Gasteiger partial charge in [0.1, 0.15) is 5.60 Å². The fraction of sp³-hybridized carbons (Fsp3) is 0.286. The first-order chi connectivity index (χ1) is 9.29. The van der Waals surface area contributed by atoms with Crippen LogP contribution in [-0.4, -0.2) is 21.2 Å². The molecular weight excluding hydrogens is 256 g/mol. The topological polar surface area (TPSA) is 96.2 Å². The Morgan fingerprint density at radius 3 is 2.50 bits per heavy atom. The van der Waals surface area contributed by atoms with Crippen LogP contribution in [0.25, 0.3) is 11.3 Å². The zero-order valence-corrected chi connectivity index (χ0v) is 11.8. The van der Waals surface area contributed by atoms with Gasteiger partial charge >= 0.3 is 6.09 Å². The monoisotopic (exact) mass is 274 g/mol. The Bertz CT molecular complexity index is 641. The predicted molar refractivity (Wildman–Crippen MR) is 78.1 cm³/mol. The largest absolute Gasteiger partial charge is 0.443 e. The molecule has 1 aromatic heterocycles. The van der Waals surface area contributed by atoms with Gasteiger partial charge in [-0.25, -0.2) is 14.3 Å². The second-order valence-corrected chi connectivity index (χ2v) is 5.40. The normalized spacial score (nSPS) is 11.3. The summed E-state index contributed by atoms with van der Waals surface area (Å²) < 4.78 is 6.55. The van der Waals surface area contributed by atoms with Crippen molar-refractivity contribution in [3.63, 3.8) is 0 Å². The van der Waals surface area contributed by atoms with E-state index in [1.54, 1.807) is 32.9 Å². The molecule has 0 amide bonds. The van der Waals surface area contributed by atoms with Crippen molar-refractivity contribution in [2.45, 2.75) is 26.4 Å². The molecule has 106 valence electrons.